The first-order chi connectivity index (χ1) is 12.3. The monoisotopic (exact) mass is 376 g/mol. The van der Waals surface area contributed by atoms with Crippen molar-refractivity contribution in [1.82, 2.24) is 5.43 Å². The van der Waals surface area contributed by atoms with Crippen LogP contribution < -0.4 is 9.84 Å². The molecule has 0 bridgehead atoms. The fourth-order valence-corrected chi connectivity index (χ4v) is 3.52. The van der Waals surface area contributed by atoms with Crippen LogP contribution in [0.4, 0.5) is 5.69 Å². The van der Waals surface area contributed by atoms with Gasteiger partial charge in [-0.1, -0.05) is 35.9 Å². The lowest BCUT2D eigenvalue weighted by Crippen LogP contribution is -2.46. The van der Waals surface area contributed by atoms with Gasteiger partial charge in [-0.05, 0) is 37.6 Å². The average molecular weight is 376 g/mol. The summed E-state index contributed by atoms with van der Waals surface area (Å²) in [6.07, 6.45) is -0.142. The number of nitrogens with one attached hydrogen (secondary N) is 1. The lowest BCUT2D eigenvalue weighted by atomic mass is 10.2. The maximum atomic E-state index is 13.0. The van der Waals surface area contributed by atoms with E-state index < -0.39 is 21.9 Å². The third kappa shape index (κ3) is 5.06. The second kappa shape index (κ2) is 8.48. The van der Waals surface area contributed by atoms with E-state index in [1.54, 1.807) is 42.5 Å². The zero-order valence-electron chi connectivity index (χ0n) is 14.3. The van der Waals surface area contributed by atoms with Crippen LogP contribution in [0.1, 0.15) is 24.8 Å². The molecule has 8 heteroatoms. The van der Waals surface area contributed by atoms with Gasteiger partial charge in [0.25, 0.3) is 10.0 Å². The molecule has 0 fully saturated rings. The number of benzene rings is 2. The number of para-hydroxylation sites is 1. The summed E-state index contributed by atoms with van der Waals surface area (Å²) in [7, 11) is -4.02. The van der Waals surface area contributed by atoms with E-state index in [4.69, 9.17) is 5.11 Å². The normalized spacial score (nSPS) is 11.0. The highest BCUT2D eigenvalue weighted by molar-refractivity contribution is 7.92. The smallest absolute Gasteiger partial charge is 0.303 e. The van der Waals surface area contributed by atoms with E-state index in [-0.39, 0.29) is 29.8 Å². The second-order valence-electron chi connectivity index (χ2n) is 5.70. The minimum absolute atomic E-state index is 0.0396. The van der Waals surface area contributed by atoms with Crippen LogP contribution in [0.3, 0.4) is 0 Å². The molecule has 2 N–H and O–H groups in total. The highest BCUT2D eigenvalue weighted by Gasteiger charge is 2.26. The lowest BCUT2D eigenvalue weighted by Gasteiger charge is -2.25. The highest BCUT2D eigenvalue weighted by atomic mass is 32.2. The molecule has 7 nitrogen and oxygen atoms in total. The fraction of sp³-hybridized carbons (Fsp3) is 0.222. The molecule has 0 heterocycles. The van der Waals surface area contributed by atoms with E-state index in [0.717, 1.165) is 9.98 Å². The van der Waals surface area contributed by atoms with Crippen molar-refractivity contribution < 1.29 is 23.1 Å². The zero-order chi connectivity index (χ0) is 19.2. The summed E-state index contributed by atoms with van der Waals surface area (Å²) in [5.74, 6) is -1.59. The quantitative estimate of drug-likeness (QED) is 0.689. The number of hydrogen-bond donors (Lipinski definition) is 2. The molecule has 26 heavy (non-hydrogen) atoms. The molecule has 0 saturated heterocycles. The van der Waals surface area contributed by atoms with Crippen molar-refractivity contribution in [2.45, 2.75) is 31.1 Å². The molecule has 0 aromatic heterocycles. The van der Waals surface area contributed by atoms with E-state index in [0.29, 0.717) is 0 Å². The van der Waals surface area contributed by atoms with Gasteiger partial charge >= 0.3 is 5.97 Å². The van der Waals surface area contributed by atoms with Crippen LogP contribution in [0.2, 0.25) is 0 Å². The van der Waals surface area contributed by atoms with Crippen molar-refractivity contribution in [3.05, 3.63) is 60.2 Å². The molecule has 2 aromatic carbocycles. The molecule has 0 aliphatic heterocycles. The topological polar surface area (TPSA) is 104 Å². The van der Waals surface area contributed by atoms with Crippen molar-refractivity contribution in [1.29, 1.82) is 0 Å². The summed E-state index contributed by atoms with van der Waals surface area (Å²) < 4.78 is 26.8. The molecule has 0 radical (unpaired) electrons. The first-order valence-electron chi connectivity index (χ1n) is 7.99. The van der Waals surface area contributed by atoms with Gasteiger partial charge in [0.05, 0.1) is 10.6 Å². The largest absolute Gasteiger partial charge is 0.481 e. The predicted octanol–water partition coefficient (Wildman–Crippen LogP) is 2.48. The van der Waals surface area contributed by atoms with Gasteiger partial charge in [-0.25, -0.2) is 0 Å². The van der Waals surface area contributed by atoms with Gasteiger partial charge in [0.2, 0.25) is 5.91 Å². The number of anilines is 1. The standard InChI is InChI=1S/C18H20N2O5S/c1-14-10-12-16(13-11-14)26(24,25)20(15-6-3-2-4-7-15)19-17(21)8-5-9-18(22)23/h2-4,6-7,10-13H,5,8-9H2,1H3,(H,19,21)(H,22,23). The van der Waals surface area contributed by atoms with Gasteiger partial charge < -0.3 is 5.11 Å². The highest BCUT2D eigenvalue weighted by Crippen LogP contribution is 2.22. The van der Waals surface area contributed by atoms with Crippen LogP contribution >= 0.6 is 0 Å². The third-order valence-electron chi connectivity index (χ3n) is 3.57. The first-order valence-corrected chi connectivity index (χ1v) is 9.43. The number of carbonyl (C=O) groups excluding carboxylic acids is 1. The number of aliphatic carboxylic acids is 1. The van der Waals surface area contributed by atoms with Crippen molar-refractivity contribution in [2.75, 3.05) is 4.41 Å². The van der Waals surface area contributed by atoms with E-state index in [9.17, 15) is 18.0 Å². The molecule has 2 rings (SSSR count). The summed E-state index contributed by atoms with van der Waals surface area (Å²) in [6.45, 7) is 1.84. The number of amides is 1. The average Bonchev–Trinajstić information content (AvgIpc) is 2.60. The Hall–Kier alpha value is -2.87. The van der Waals surface area contributed by atoms with Crippen LogP contribution in [-0.2, 0) is 19.6 Å². The van der Waals surface area contributed by atoms with Crippen LogP contribution in [-0.4, -0.2) is 25.4 Å². The molecular weight excluding hydrogens is 356 g/mol. The van der Waals surface area contributed by atoms with Crippen LogP contribution in [0.5, 0.6) is 0 Å². The van der Waals surface area contributed by atoms with Crippen molar-refractivity contribution in [3.63, 3.8) is 0 Å². The number of carbonyl (C=O) groups is 2. The summed E-state index contributed by atoms with van der Waals surface area (Å²) in [4.78, 5) is 22.7. The summed E-state index contributed by atoms with van der Waals surface area (Å²) >= 11 is 0. The Morgan fingerprint density at radius 2 is 1.62 bits per heavy atom. The molecular formula is C18H20N2O5S. The number of rotatable bonds is 8. The number of aryl methyl sites for hydroxylation is 1. The Labute approximate surface area is 152 Å². The number of sulfonamides is 1. The van der Waals surface area contributed by atoms with Gasteiger partial charge in [0.15, 0.2) is 0 Å². The van der Waals surface area contributed by atoms with Gasteiger partial charge in [0.1, 0.15) is 0 Å². The van der Waals surface area contributed by atoms with Gasteiger partial charge in [-0.15, -0.1) is 0 Å². The maximum absolute atomic E-state index is 13.0. The molecule has 0 atom stereocenters. The summed E-state index contributed by atoms with van der Waals surface area (Å²) in [5, 5.41) is 8.65. The third-order valence-corrected chi connectivity index (χ3v) is 5.22. The first kappa shape index (κ1) is 19.5. The maximum Gasteiger partial charge on any atom is 0.303 e. The number of nitrogens with zero attached hydrogens (tertiary/aromatic N) is 1. The number of hydrazine groups is 1. The molecule has 0 aliphatic rings. The second-order valence-corrected chi connectivity index (χ2v) is 7.49. The Balaban J connectivity index is 2.28. The van der Waals surface area contributed by atoms with E-state index in [1.807, 2.05) is 6.92 Å². The van der Waals surface area contributed by atoms with Crippen molar-refractivity contribution in [2.24, 2.45) is 0 Å². The molecule has 2 aromatic rings. The number of carboxylic acid groups (broad SMARTS) is 1. The Morgan fingerprint density at radius 1 is 1.00 bits per heavy atom. The summed E-state index contributed by atoms with van der Waals surface area (Å²) in [5.41, 5.74) is 3.56. The van der Waals surface area contributed by atoms with Crippen LogP contribution in [0.15, 0.2) is 59.5 Å². The molecule has 0 saturated carbocycles. The fourth-order valence-electron chi connectivity index (χ4n) is 2.21. The van der Waals surface area contributed by atoms with E-state index >= 15 is 0 Å². The van der Waals surface area contributed by atoms with Gasteiger partial charge in [-0.3, -0.25) is 15.0 Å². The summed E-state index contributed by atoms with van der Waals surface area (Å²) in [6, 6.07) is 14.4. The minimum atomic E-state index is -4.02. The Bertz CT molecular complexity index is 864. The van der Waals surface area contributed by atoms with Crippen LogP contribution in [0, 0.1) is 6.92 Å². The Morgan fingerprint density at radius 3 is 2.19 bits per heavy atom. The minimum Gasteiger partial charge on any atom is -0.481 e. The molecule has 1 amide bonds. The van der Waals surface area contributed by atoms with E-state index in [1.165, 1.54) is 12.1 Å². The zero-order valence-corrected chi connectivity index (χ0v) is 15.1. The molecule has 0 unspecified atom stereocenters. The molecule has 0 aliphatic carbocycles. The number of hydrogen-bond acceptors (Lipinski definition) is 4. The Kier molecular flexibility index (Phi) is 6.35. The molecule has 138 valence electrons. The van der Waals surface area contributed by atoms with Gasteiger partial charge in [0, 0.05) is 12.8 Å². The van der Waals surface area contributed by atoms with E-state index in [2.05, 4.69) is 5.43 Å². The van der Waals surface area contributed by atoms with Crippen LogP contribution in [0.25, 0.3) is 0 Å². The number of carboxylic acids is 1. The van der Waals surface area contributed by atoms with Crippen molar-refractivity contribution >= 4 is 27.6 Å². The lowest BCUT2D eigenvalue weighted by molar-refractivity contribution is -0.137. The SMILES string of the molecule is Cc1ccc(S(=O)(=O)N(NC(=O)CCCC(=O)O)c2ccccc2)cc1. The molecule has 0 spiro atoms. The van der Waals surface area contributed by atoms with Gasteiger partial charge in [-0.2, -0.15) is 12.8 Å². The van der Waals surface area contributed by atoms with Crippen molar-refractivity contribution in [3.8, 4) is 0 Å². The predicted molar refractivity (Wildman–Crippen MR) is 96.9 cm³/mol.